The van der Waals surface area contributed by atoms with E-state index in [0.717, 1.165) is 11.5 Å². The van der Waals surface area contributed by atoms with Gasteiger partial charge < -0.3 is 9.80 Å². The van der Waals surface area contributed by atoms with Crippen LogP contribution >= 0.6 is 0 Å². The third-order valence-electron chi connectivity index (χ3n) is 7.85. The Morgan fingerprint density at radius 1 is 0.583 bits per heavy atom. The minimum absolute atomic E-state index is 0.170. The van der Waals surface area contributed by atoms with Crippen LogP contribution in [0.25, 0.3) is 44.5 Å². The lowest BCUT2D eigenvalue weighted by Crippen LogP contribution is -2.36. The van der Waals surface area contributed by atoms with Gasteiger partial charge in [-0.05, 0) is 88.2 Å². The number of hydrogen-bond acceptors (Lipinski definition) is 3. The van der Waals surface area contributed by atoms with Crippen molar-refractivity contribution in [3.05, 3.63) is 109 Å². The van der Waals surface area contributed by atoms with E-state index in [0.29, 0.717) is 0 Å². The Balaban J connectivity index is 1.56. The predicted octanol–water partition coefficient (Wildman–Crippen LogP) is 8.31. The summed E-state index contributed by atoms with van der Waals surface area (Å²) in [5.74, 6) is 1.01. The summed E-state index contributed by atoms with van der Waals surface area (Å²) < 4.78 is 0. The third-order valence-corrected chi connectivity index (χ3v) is 7.85. The van der Waals surface area contributed by atoms with Crippen LogP contribution in [0, 0.1) is 6.92 Å². The van der Waals surface area contributed by atoms with Crippen molar-refractivity contribution in [2.45, 2.75) is 20.0 Å². The summed E-state index contributed by atoms with van der Waals surface area (Å²) in [5, 5.41) is 0. The lowest BCUT2D eigenvalue weighted by atomic mass is 9.80. The van der Waals surface area contributed by atoms with Crippen LogP contribution in [0.3, 0.4) is 0 Å². The highest BCUT2D eigenvalue weighted by atomic mass is 15.4. The van der Waals surface area contributed by atoms with E-state index in [1.165, 1.54) is 55.8 Å². The van der Waals surface area contributed by atoms with Crippen molar-refractivity contribution in [1.29, 1.82) is 0 Å². The lowest BCUT2D eigenvalue weighted by Gasteiger charge is -2.30. The molecule has 0 saturated heterocycles. The van der Waals surface area contributed by atoms with E-state index >= 15 is 0 Å². The molecule has 36 heavy (non-hydrogen) atoms. The summed E-state index contributed by atoms with van der Waals surface area (Å²) >= 11 is 0. The van der Waals surface area contributed by atoms with Crippen LogP contribution < -0.4 is 9.80 Å². The number of pyridine rings is 1. The van der Waals surface area contributed by atoms with Gasteiger partial charge in [0, 0.05) is 18.9 Å². The van der Waals surface area contributed by atoms with Crippen molar-refractivity contribution in [3.8, 4) is 44.5 Å². The highest BCUT2D eigenvalue weighted by molar-refractivity contribution is 6.04. The van der Waals surface area contributed by atoms with Crippen LogP contribution in [0.15, 0.2) is 103 Å². The van der Waals surface area contributed by atoms with Crippen LogP contribution in [-0.4, -0.2) is 18.2 Å². The monoisotopic (exact) mass is 465 g/mol. The zero-order valence-electron chi connectivity index (χ0n) is 20.7. The minimum atomic E-state index is 0.170. The molecule has 1 aromatic heterocycles. The van der Waals surface area contributed by atoms with Gasteiger partial charge in [-0.25, -0.2) is 4.98 Å². The molecular weight excluding hydrogens is 438 g/mol. The second-order valence-electron chi connectivity index (χ2n) is 9.78. The number of benzene rings is 4. The molecule has 1 aliphatic carbocycles. The molecule has 1 aliphatic heterocycles. The summed E-state index contributed by atoms with van der Waals surface area (Å²) in [6.45, 7) is 4.47. The Kier molecular flexibility index (Phi) is 4.55. The average molecular weight is 466 g/mol. The van der Waals surface area contributed by atoms with E-state index < -0.39 is 0 Å². The van der Waals surface area contributed by atoms with Crippen LogP contribution in [0.4, 0.5) is 17.2 Å². The number of aryl methyl sites for hydroxylation is 1. The lowest BCUT2D eigenvalue weighted by molar-refractivity contribution is 0.730. The summed E-state index contributed by atoms with van der Waals surface area (Å²) in [5.41, 5.74) is 13.8. The Morgan fingerprint density at radius 2 is 1.06 bits per heavy atom. The second kappa shape index (κ2) is 7.82. The molecule has 3 nitrogen and oxygen atoms in total. The van der Waals surface area contributed by atoms with Crippen molar-refractivity contribution in [3.63, 3.8) is 0 Å². The first-order valence-electron chi connectivity index (χ1n) is 12.5. The van der Waals surface area contributed by atoms with Gasteiger partial charge in [-0.2, -0.15) is 0 Å². The number of hydrogen-bond donors (Lipinski definition) is 0. The largest absolute Gasteiger partial charge is 0.351 e. The minimum Gasteiger partial charge on any atom is -0.351 e. The Hall–Kier alpha value is -4.37. The predicted molar refractivity (Wildman–Crippen MR) is 151 cm³/mol. The van der Waals surface area contributed by atoms with Crippen molar-refractivity contribution in [2.75, 3.05) is 16.8 Å². The molecule has 1 atom stereocenters. The molecule has 0 fully saturated rings. The first-order valence-corrected chi connectivity index (χ1v) is 12.5. The van der Waals surface area contributed by atoms with Gasteiger partial charge in [-0.1, -0.05) is 72.8 Å². The van der Waals surface area contributed by atoms with Crippen LogP contribution in [-0.2, 0) is 0 Å². The molecule has 0 unspecified atom stereocenters. The third kappa shape index (κ3) is 2.89. The smallest absolute Gasteiger partial charge is 0.158 e. The van der Waals surface area contributed by atoms with Gasteiger partial charge in [-0.15, -0.1) is 0 Å². The maximum Gasteiger partial charge on any atom is 0.158 e. The first kappa shape index (κ1) is 21.0. The quantitative estimate of drug-likeness (QED) is 0.243. The fourth-order valence-corrected chi connectivity index (χ4v) is 5.98. The van der Waals surface area contributed by atoms with Gasteiger partial charge in [0.2, 0.25) is 0 Å². The molecule has 0 saturated carbocycles. The number of fused-ring (bicyclic) bond motifs is 9. The summed E-state index contributed by atoms with van der Waals surface area (Å²) in [6.07, 6.45) is 2.06. The molecule has 5 aromatic rings. The fourth-order valence-electron chi connectivity index (χ4n) is 5.98. The van der Waals surface area contributed by atoms with Gasteiger partial charge in [-0.3, -0.25) is 0 Å². The van der Waals surface area contributed by atoms with Gasteiger partial charge in [0.05, 0.1) is 5.69 Å². The number of nitrogens with zero attached hydrogens (tertiary/aromatic N) is 3. The van der Waals surface area contributed by atoms with Crippen molar-refractivity contribution >= 4 is 17.2 Å². The zero-order chi connectivity index (χ0) is 24.4. The van der Waals surface area contributed by atoms with Gasteiger partial charge in [0.25, 0.3) is 0 Å². The van der Waals surface area contributed by atoms with Gasteiger partial charge >= 0.3 is 0 Å². The van der Waals surface area contributed by atoms with Crippen LogP contribution in [0.2, 0.25) is 0 Å². The molecule has 0 bridgehead atoms. The van der Waals surface area contributed by atoms with Gasteiger partial charge in [0.1, 0.15) is 6.17 Å². The van der Waals surface area contributed by atoms with Crippen LogP contribution in [0.1, 0.15) is 12.5 Å². The number of rotatable bonds is 1. The fraction of sp³-hybridized carbons (Fsp3) is 0.121. The molecule has 0 spiro atoms. The molecule has 0 radical (unpaired) electrons. The summed E-state index contributed by atoms with van der Waals surface area (Å²) in [7, 11) is 2.15. The van der Waals surface area contributed by atoms with E-state index in [2.05, 4.69) is 122 Å². The normalized spacial score (nSPS) is 15.2. The molecule has 2 aliphatic rings. The Bertz CT molecular complexity index is 1650. The van der Waals surface area contributed by atoms with E-state index in [1.807, 2.05) is 12.3 Å². The van der Waals surface area contributed by atoms with Crippen molar-refractivity contribution < 1.29 is 0 Å². The number of anilines is 3. The highest BCUT2D eigenvalue weighted by Gasteiger charge is 2.34. The molecule has 3 heteroatoms. The number of aromatic nitrogens is 1. The van der Waals surface area contributed by atoms with Gasteiger partial charge in [0.15, 0.2) is 5.82 Å². The maximum absolute atomic E-state index is 4.80. The molecule has 2 heterocycles. The molecule has 4 aromatic carbocycles. The topological polar surface area (TPSA) is 19.4 Å². The Labute approximate surface area is 212 Å². The van der Waals surface area contributed by atoms with E-state index in [1.54, 1.807) is 0 Å². The standard InChI is InChI=1S/C33H27N3/c1-21-19-29-27-15-8-6-13-25(27)23-11-4-5-12-24(23)26-14-7-9-16-28(26)30(29)20-32(21)36-22(2)35(3)31-17-10-18-34-33(31)36/h4-20,22H,1-3H3/t22-/m0/s1. The second-order valence-corrected chi connectivity index (χ2v) is 9.78. The van der Waals surface area contributed by atoms with Crippen molar-refractivity contribution in [2.24, 2.45) is 0 Å². The molecule has 0 N–H and O–H groups in total. The molecular formula is C33H27N3. The van der Waals surface area contributed by atoms with E-state index in [-0.39, 0.29) is 6.17 Å². The highest BCUT2D eigenvalue weighted by Crippen LogP contribution is 2.50. The van der Waals surface area contributed by atoms with Crippen molar-refractivity contribution in [1.82, 2.24) is 4.98 Å². The SMILES string of the molecule is Cc1cc2c(cc1N1c3ncccc3N(C)[C@@H]1C)-c1ccccc1-c1ccccc1-c1ccccc1-2. The first-order chi connectivity index (χ1) is 17.6. The molecule has 7 rings (SSSR count). The summed E-state index contributed by atoms with van der Waals surface area (Å²) in [4.78, 5) is 9.48. The molecule has 174 valence electrons. The van der Waals surface area contributed by atoms with E-state index in [9.17, 15) is 0 Å². The average Bonchev–Trinajstić information content (AvgIpc) is 3.17. The zero-order valence-corrected chi connectivity index (χ0v) is 20.7. The van der Waals surface area contributed by atoms with Crippen LogP contribution in [0.5, 0.6) is 0 Å². The maximum atomic E-state index is 4.80. The molecule has 0 amide bonds. The summed E-state index contributed by atoms with van der Waals surface area (Å²) in [6, 6.07) is 35.4. The Morgan fingerprint density at radius 3 is 1.58 bits per heavy atom. The van der Waals surface area contributed by atoms with E-state index in [4.69, 9.17) is 4.98 Å².